The first-order chi connectivity index (χ1) is 5.89. The van der Waals surface area contributed by atoms with Crippen LogP contribution in [0.4, 0.5) is 0 Å². The van der Waals surface area contributed by atoms with Crippen LogP contribution in [0.5, 0.6) is 0 Å². The van der Waals surface area contributed by atoms with E-state index in [0.717, 1.165) is 18.6 Å². The molecule has 3 nitrogen and oxygen atoms in total. The van der Waals surface area contributed by atoms with Gasteiger partial charge in [-0.3, -0.25) is 10.0 Å². The van der Waals surface area contributed by atoms with Gasteiger partial charge < -0.3 is 0 Å². The number of aliphatic imine (C=N–C) groups is 1. The second-order valence-electron chi connectivity index (χ2n) is 4.39. The maximum Gasteiger partial charge on any atom is 0.110 e. The molecule has 3 aliphatic carbocycles. The highest BCUT2D eigenvalue weighted by Gasteiger charge is 2.64. The van der Waals surface area contributed by atoms with Gasteiger partial charge in [-0.15, -0.1) is 0 Å². The van der Waals surface area contributed by atoms with E-state index in [4.69, 9.17) is 0 Å². The number of hydrogen-bond acceptors (Lipinski definition) is 3. The molecule has 0 amide bonds. The molecule has 1 spiro atoms. The average molecular weight is 161 g/mol. The molecule has 2 aliphatic heterocycles. The molecule has 3 heteroatoms. The van der Waals surface area contributed by atoms with E-state index in [1.807, 2.05) is 6.34 Å². The maximum absolute atomic E-state index is 4.28. The van der Waals surface area contributed by atoms with E-state index < -0.39 is 0 Å². The lowest BCUT2D eigenvalue weighted by Crippen LogP contribution is -2.50. The molecule has 1 saturated carbocycles. The molecule has 5 rings (SSSR count). The van der Waals surface area contributed by atoms with Gasteiger partial charge in [-0.1, -0.05) is 12.2 Å². The fourth-order valence-electron chi connectivity index (χ4n) is 3.34. The summed E-state index contributed by atoms with van der Waals surface area (Å²) in [5.74, 6) is 0.819. The molecule has 0 aromatic rings. The van der Waals surface area contributed by atoms with Crippen molar-refractivity contribution in [2.75, 3.05) is 13.2 Å². The van der Waals surface area contributed by atoms with Crippen molar-refractivity contribution in [2.24, 2.45) is 16.3 Å². The Morgan fingerprint density at radius 3 is 3.42 bits per heavy atom. The molecule has 0 radical (unpaired) electrons. The van der Waals surface area contributed by atoms with Crippen LogP contribution >= 0.6 is 0 Å². The Hall–Kier alpha value is -0.830. The minimum atomic E-state index is 0.525. The molecule has 2 heterocycles. The number of hydrazine groups is 1. The zero-order chi connectivity index (χ0) is 7.76. The third-order valence-corrected chi connectivity index (χ3v) is 3.82. The highest BCUT2D eigenvalue weighted by atomic mass is 15.7. The summed E-state index contributed by atoms with van der Waals surface area (Å²) in [6, 6.07) is 0.740. The summed E-state index contributed by atoms with van der Waals surface area (Å²) in [5, 5.41) is 4.72. The molecule has 5 aliphatic rings. The van der Waals surface area contributed by atoms with Gasteiger partial charge in [-0.05, 0) is 6.42 Å². The number of hydrogen-bond donors (Lipinski definition) is 0. The van der Waals surface area contributed by atoms with E-state index in [2.05, 4.69) is 27.2 Å². The molecule has 1 saturated heterocycles. The summed E-state index contributed by atoms with van der Waals surface area (Å²) in [6.07, 6.45) is 8.24. The van der Waals surface area contributed by atoms with Gasteiger partial charge in [0.05, 0.1) is 6.04 Å². The van der Waals surface area contributed by atoms with Crippen molar-refractivity contribution in [3.8, 4) is 0 Å². The summed E-state index contributed by atoms with van der Waals surface area (Å²) in [4.78, 5) is 4.28. The Labute approximate surface area is 71.3 Å². The highest BCUT2D eigenvalue weighted by molar-refractivity contribution is 5.59. The standard InChI is InChI=1S/C9H11N3/c1-2-9-3-7(1)8(9)12-6-10-5-11(12)4-9/h1-2,6-8H,3-5H2. The van der Waals surface area contributed by atoms with Gasteiger partial charge in [-0.2, -0.15) is 5.01 Å². The molecule has 0 N–H and O–H groups in total. The lowest BCUT2D eigenvalue weighted by atomic mass is 9.65. The first-order valence-corrected chi connectivity index (χ1v) is 4.62. The van der Waals surface area contributed by atoms with Crippen LogP contribution in [-0.4, -0.2) is 35.6 Å². The predicted octanol–water partition coefficient (Wildman–Crippen LogP) is 0.463. The Bertz CT molecular complexity index is 309. The zero-order valence-electron chi connectivity index (χ0n) is 6.85. The third-order valence-electron chi connectivity index (χ3n) is 3.82. The van der Waals surface area contributed by atoms with Crippen LogP contribution in [0.1, 0.15) is 6.42 Å². The molecular weight excluding hydrogens is 150 g/mol. The first-order valence-electron chi connectivity index (χ1n) is 4.62. The second kappa shape index (κ2) is 1.46. The van der Waals surface area contributed by atoms with Crippen molar-refractivity contribution in [3.63, 3.8) is 0 Å². The second-order valence-corrected chi connectivity index (χ2v) is 4.39. The molecule has 2 fully saturated rings. The molecule has 0 aromatic carbocycles. The molecule has 0 aromatic heterocycles. The molecule has 3 atom stereocenters. The minimum Gasteiger partial charge on any atom is -0.289 e. The SMILES string of the molecule is C1=CC23CC1C2N1C=NCN1C3. The van der Waals surface area contributed by atoms with Crippen LogP contribution in [0.15, 0.2) is 17.1 Å². The normalized spacial score (nSPS) is 52.8. The summed E-state index contributed by atoms with van der Waals surface area (Å²) in [5.41, 5.74) is 0.525. The van der Waals surface area contributed by atoms with Crippen molar-refractivity contribution in [2.45, 2.75) is 12.5 Å². The minimum absolute atomic E-state index is 0.525. The van der Waals surface area contributed by atoms with Crippen LogP contribution in [-0.2, 0) is 0 Å². The van der Waals surface area contributed by atoms with E-state index in [0.29, 0.717) is 5.41 Å². The van der Waals surface area contributed by atoms with Crippen molar-refractivity contribution < 1.29 is 0 Å². The van der Waals surface area contributed by atoms with Gasteiger partial charge in [0.25, 0.3) is 0 Å². The fraction of sp³-hybridized carbons (Fsp3) is 0.667. The average Bonchev–Trinajstić information content (AvgIpc) is 2.65. The van der Waals surface area contributed by atoms with Gasteiger partial charge in [0, 0.05) is 17.9 Å². The molecule has 3 unspecified atom stereocenters. The molecule has 62 valence electrons. The lowest BCUT2D eigenvalue weighted by molar-refractivity contribution is 0.0560. The Kier molecular flexibility index (Phi) is 0.702. The summed E-state index contributed by atoms with van der Waals surface area (Å²) in [6.45, 7) is 2.09. The van der Waals surface area contributed by atoms with E-state index in [1.165, 1.54) is 13.0 Å². The van der Waals surface area contributed by atoms with E-state index >= 15 is 0 Å². The van der Waals surface area contributed by atoms with Crippen molar-refractivity contribution in [3.05, 3.63) is 12.2 Å². The summed E-state index contributed by atoms with van der Waals surface area (Å²) < 4.78 is 0. The van der Waals surface area contributed by atoms with Crippen LogP contribution in [0.25, 0.3) is 0 Å². The number of fused-ring (bicyclic) bond motifs is 1. The zero-order valence-corrected chi connectivity index (χ0v) is 6.85. The smallest absolute Gasteiger partial charge is 0.110 e. The van der Waals surface area contributed by atoms with Crippen LogP contribution in [0, 0.1) is 11.3 Å². The molecule has 12 heavy (non-hydrogen) atoms. The Morgan fingerprint density at radius 1 is 1.50 bits per heavy atom. The third kappa shape index (κ3) is 0.399. The van der Waals surface area contributed by atoms with Crippen molar-refractivity contribution >= 4 is 6.34 Å². The number of rotatable bonds is 0. The largest absolute Gasteiger partial charge is 0.289 e. The van der Waals surface area contributed by atoms with Gasteiger partial charge in [0.15, 0.2) is 0 Å². The first kappa shape index (κ1) is 5.75. The maximum atomic E-state index is 4.28. The molecular formula is C9H11N3. The predicted molar refractivity (Wildman–Crippen MR) is 45.4 cm³/mol. The van der Waals surface area contributed by atoms with E-state index in [1.54, 1.807) is 0 Å². The quantitative estimate of drug-likeness (QED) is 0.481. The van der Waals surface area contributed by atoms with Gasteiger partial charge in [-0.25, -0.2) is 0 Å². The van der Waals surface area contributed by atoms with Crippen LogP contribution < -0.4 is 0 Å². The highest BCUT2D eigenvalue weighted by Crippen LogP contribution is 2.60. The van der Waals surface area contributed by atoms with Crippen molar-refractivity contribution in [1.29, 1.82) is 0 Å². The van der Waals surface area contributed by atoms with Gasteiger partial charge in [0.1, 0.15) is 13.0 Å². The van der Waals surface area contributed by atoms with Gasteiger partial charge >= 0.3 is 0 Å². The molecule has 2 bridgehead atoms. The van der Waals surface area contributed by atoms with E-state index in [-0.39, 0.29) is 0 Å². The topological polar surface area (TPSA) is 18.8 Å². The fourth-order valence-corrected chi connectivity index (χ4v) is 3.34. The van der Waals surface area contributed by atoms with Crippen LogP contribution in [0.2, 0.25) is 0 Å². The number of nitrogens with zero attached hydrogens (tertiary/aromatic N) is 3. The Balaban J connectivity index is 1.83. The monoisotopic (exact) mass is 161 g/mol. The van der Waals surface area contributed by atoms with Crippen molar-refractivity contribution in [1.82, 2.24) is 10.0 Å². The lowest BCUT2D eigenvalue weighted by Gasteiger charge is -2.43. The van der Waals surface area contributed by atoms with E-state index in [9.17, 15) is 0 Å². The summed E-state index contributed by atoms with van der Waals surface area (Å²) in [7, 11) is 0. The summed E-state index contributed by atoms with van der Waals surface area (Å²) >= 11 is 0. The van der Waals surface area contributed by atoms with Crippen LogP contribution in [0.3, 0.4) is 0 Å². The Morgan fingerprint density at radius 2 is 2.50 bits per heavy atom. The van der Waals surface area contributed by atoms with Gasteiger partial charge in [0.2, 0.25) is 0 Å².